The van der Waals surface area contributed by atoms with Crippen molar-refractivity contribution in [3.63, 3.8) is 0 Å². The normalized spacial score (nSPS) is 25.6. The van der Waals surface area contributed by atoms with Gasteiger partial charge in [0, 0.05) is 0 Å². The van der Waals surface area contributed by atoms with Crippen LogP contribution in [0.1, 0.15) is 52.4 Å². The first kappa shape index (κ1) is 17.9. The Bertz CT molecular complexity index is 701. The van der Waals surface area contributed by atoms with Crippen LogP contribution in [-0.2, 0) is 0 Å². The Morgan fingerprint density at radius 3 is 2.76 bits per heavy atom. The van der Waals surface area contributed by atoms with Crippen LogP contribution in [0.3, 0.4) is 0 Å². The maximum absolute atomic E-state index is 13.2. The van der Waals surface area contributed by atoms with Crippen molar-refractivity contribution >= 4 is 5.69 Å². The molecule has 0 amide bonds. The van der Waals surface area contributed by atoms with Crippen LogP contribution in [0.4, 0.5) is 10.1 Å². The Kier molecular flexibility index (Phi) is 5.14. The van der Waals surface area contributed by atoms with E-state index in [-0.39, 0.29) is 11.2 Å². The molecule has 3 rings (SSSR count). The average molecular weight is 340 g/mol. The number of fused-ring (bicyclic) bond motifs is 1. The third-order valence-corrected chi connectivity index (χ3v) is 6.10. The summed E-state index contributed by atoms with van der Waals surface area (Å²) in [5.41, 5.74) is 4.98. The summed E-state index contributed by atoms with van der Waals surface area (Å²) in [7, 11) is 0. The van der Waals surface area contributed by atoms with Gasteiger partial charge in [-0.3, -0.25) is 5.01 Å². The summed E-state index contributed by atoms with van der Waals surface area (Å²) < 4.78 is 13.2. The second kappa shape index (κ2) is 7.17. The predicted molar refractivity (Wildman–Crippen MR) is 103 cm³/mol. The fourth-order valence-corrected chi connectivity index (χ4v) is 4.61. The molecule has 2 nitrogen and oxygen atoms in total. The lowest BCUT2D eigenvalue weighted by molar-refractivity contribution is 0.249. The minimum atomic E-state index is -0.240. The molecule has 2 N–H and O–H groups in total. The molecule has 2 aliphatic carbocycles. The zero-order valence-corrected chi connectivity index (χ0v) is 15.4. The monoisotopic (exact) mass is 340 g/mol. The maximum atomic E-state index is 13.2. The molecule has 0 aromatic heterocycles. The van der Waals surface area contributed by atoms with Crippen molar-refractivity contribution < 1.29 is 4.39 Å². The largest absolute Gasteiger partial charge is 0.280 e. The van der Waals surface area contributed by atoms with Gasteiger partial charge in [0.1, 0.15) is 5.82 Å². The van der Waals surface area contributed by atoms with Gasteiger partial charge >= 0.3 is 0 Å². The smallest absolute Gasteiger partial charge is 0.123 e. The number of hydrogen-bond donors (Lipinski definition) is 1. The number of nitrogens with two attached hydrogens (primary N) is 1. The first-order valence-corrected chi connectivity index (χ1v) is 9.28. The molecule has 25 heavy (non-hydrogen) atoms. The van der Waals surface area contributed by atoms with Crippen molar-refractivity contribution in [2.75, 3.05) is 5.01 Å². The molecule has 2 aliphatic rings. The van der Waals surface area contributed by atoms with Crippen LogP contribution >= 0.6 is 0 Å². The minimum Gasteiger partial charge on any atom is -0.280 e. The van der Waals surface area contributed by atoms with Gasteiger partial charge in [0.15, 0.2) is 0 Å². The summed E-state index contributed by atoms with van der Waals surface area (Å²) >= 11 is 0. The fraction of sp³-hybridized carbons (Fsp3) is 0.455. The first-order chi connectivity index (χ1) is 12.0. The Morgan fingerprint density at radius 2 is 2.08 bits per heavy atom. The minimum absolute atomic E-state index is 0.240. The highest BCUT2D eigenvalue weighted by Crippen LogP contribution is 2.55. The number of anilines is 1. The van der Waals surface area contributed by atoms with E-state index in [0.29, 0.717) is 0 Å². The highest BCUT2D eigenvalue weighted by atomic mass is 19.1. The quantitative estimate of drug-likeness (QED) is 0.303. The van der Waals surface area contributed by atoms with Gasteiger partial charge < -0.3 is 0 Å². The van der Waals surface area contributed by atoms with Crippen LogP contribution in [0.5, 0.6) is 0 Å². The predicted octanol–water partition coefficient (Wildman–Crippen LogP) is 5.88. The number of hydrazine groups is 1. The van der Waals surface area contributed by atoms with Gasteiger partial charge in [0.25, 0.3) is 0 Å². The van der Waals surface area contributed by atoms with Crippen LogP contribution in [-0.4, -0.2) is 0 Å². The van der Waals surface area contributed by atoms with Crippen molar-refractivity contribution in [2.45, 2.75) is 52.4 Å². The zero-order chi connectivity index (χ0) is 18.0. The molecular weight excluding hydrogens is 311 g/mol. The number of unbranched alkanes of at least 4 members (excludes halogenated alkanes) is 1. The van der Waals surface area contributed by atoms with E-state index in [1.165, 1.54) is 42.5 Å². The molecule has 0 radical (unpaired) electrons. The van der Waals surface area contributed by atoms with Gasteiger partial charge in [-0.2, -0.15) is 0 Å². The molecule has 0 aliphatic heterocycles. The number of benzene rings is 1. The Hall–Kier alpha value is -1.87. The molecule has 3 heteroatoms. The van der Waals surface area contributed by atoms with E-state index in [1.54, 1.807) is 17.1 Å². The van der Waals surface area contributed by atoms with E-state index in [0.717, 1.165) is 36.6 Å². The molecule has 0 heterocycles. The number of nitrogens with zero attached hydrogens (tertiary/aromatic N) is 1. The van der Waals surface area contributed by atoms with Crippen molar-refractivity contribution in [1.82, 2.24) is 0 Å². The van der Waals surface area contributed by atoms with E-state index >= 15 is 0 Å². The molecule has 1 aromatic rings. The van der Waals surface area contributed by atoms with Crippen LogP contribution in [0.25, 0.3) is 0 Å². The summed E-state index contributed by atoms with van der Waals surface area (Å²) in [5.74, 6) is 6.87. The van der Waals surface area contributed by atoms with Crippen LogP contribution in [0.15, 0.2) is 59.8 Å². The fourth-order valence-electron chi connectivity index (χ4n) is 4.61. The first-order valence-electron chi connectivity index (χ1n) is 9.28. The standard InChI is InChI=1S/C22H29FN2/c1-4-5-6-7-17-8-9-18-14-21(16(2)15-22(17,18)3)25(24)20-12-10-19(23)11-13-20/h4,10-14,17H,1,5-9,15,24H2,2-3H3. The molecule has 1 aromatic carbocycles. The molecule has 0 spiro atoms. The van der Waals surface area contributed by atoms with Crippen LogP contribution in [0.2, 0.25) is 0 Å². The van der Waals surface area contributed by atoms with Gasteiger partial charge in [0.2, 0.25) is 0 Å². The summed E-state index contributed by atoms with van der Waals surface area (Å²) in [6, 6.07) is 6.37. The van der Waals surface area contributed by atoms with Crippen LogP contribution in [0, 0.1) is 17.2 Å². The van der Waals surface area contributed by atoms with Gasteiger partial charge in [0.05, 0.1) is 11.4 Å². The topological polar surface area (TPSA) is 29.3 Å². The molecule has 1 saturated carbocycles. The van der Waals surface area contributed by atoms with E-state index in [9.17, 15) is 4.39 Å². The van der Waals surface area contributed by atoms with Gasteiger partial charge in [-0.05, 0) is 92.7 Å². The second-order valence-corrected chi connectivity index (χ2v) is 7.73. The second-order valence-electron chi connectivity index (χ2n) is 7.73. The van der Waals surface area contributed by atoms with Gasteiger partial charge in [-0.1, -0.05) is 18.6 Å². The molecule has 2 atom stereocenters. The van der Waals surface area contributed by atoms with E-state index < -0.39 is 0 Å². The Balaban J connectivity index is 1.81. The number of allylic oxidation sites excluding steroid dienone is 4. The third kappa shape index (κ3) is 3.43. The summed E-state index contributed by atoms with van der Waals surface area (Å²) in [6.45, 7) is 8.43. The SMILES string of the molecule is C=CCCCC1CCC2=CC(N(N)c3ccc(F)cc3)=C(C)CC21C. The Labute approximate surface area is 150 Å². The van der Waals surface area contributed by atoms with Gasteiger partial charge in [-0.25, -0.2) is 10.2 Å². The molecule has 2 unspecified atom stereocenters. The molecular formula is C22H29FN2. The number of halogens is 1. The van der Waals surface area contributed by atoms with Crippen molar-refractivity contribution in [1.29, 1.82) is 0 Å². The third-order valence-electron chi connectivity index (χ3n) is 6.10. The van der Waals surface area contributed by atoms with Gasteiger partial charge in [-0.15, -0.1) is 6.58 Å². The van der Waals surface area contributed by atoms with Crippen LogP contribution < -0.4 is 10.9 Å². The lowest BCUT2D eigenvalue weighted by Crippen LogP contribution is -2.34. The van der Waals surface area contributed by atoms with Crippen molar-refractivity contribution in [2.24, 2.45) is 17.2 Å². The Morgan fingerprint density at radius 1 is 1.36 bits per heavy atom. The zero-order valence-electron chi connectivity index (χ0n) is 15.4. The highest BCUT2D eigenvalue weighted by Gasteiger charge is 2.44. The summed E-state index contributed by atoms with van der Waals surface area (Å²) in [6.07, 6.45) is 11.4. The van der Waals surface area contributed by atoms with E-state index in [4.69, 9.17) is 5.84 Å². The van der Waals surface area contributed by atoms with E-state index in [1.807, 2.05) is 6.08 Å². The van der Waals surface area contributed by atoms with Crippen molar-refractivity contribution in [3.05, 3.63) is 65.7 Å². The molecule has 134 valence electrons. The molecule has 0 bridgehead atoms. The molecule has 1 fully saturated rings. The van der Waals surface area contributed by atoms with E-state index in [2.05, 4.69) is 26.5 Å². The maximum Gasteiger partial charge on any atom is 0.123 e. The number of rotatable bonds is 6. The number of hydrogen-bond acceptors (Lipinski definition) is 2. The lowest BCUT2D eigenvalue weighted by Gasteiger charge is -2.39. The molecule has 0 saturated heterocycles. The van der Waals surface area contributed by atoms with Crippen molar-refractivity contribution in [3.8, 4) is 0 Å². The summed E-state index contributed by atoms with van der Waals surface area (Å²) in [5, 5.41) is 1.70. The summed E-state index contributed by atoms with van der Waals surface area (Å²) in [4.78, 5) is 0. The highest BCUT2D eigenvalue weighted by molar-refractivity contribution is 5.56. The average Bonchev–Trinajstić information content (AvgIpc) is 2.90. The lowest BCUT2D eigenvalue weighted by atomic mass is 9.68.